The predicted molar refractivity (Wildman–Crippen MR) is 68.9 cm³/mol. The van der Waals surface area contributed by atoms with Crippen LogP contribution in [0.1, 0.15) is 5.69 Å². The zero-order chi connectivity index (χ0) is 12.8. The van der Waals surface area contributed by atoms with Crippen LogP contribution in [0.3, 0.4) is 0 Å². The molecule has 5 nitrogen and oxygen atoms in total. The predicted octanol–water partition coefficient (Wildman–Crippen LogP) is 1.66. The molecule has 0 aliphatic heterocycles. The van der Waals surface area contributed by atoms with Gasteiger partial charge in [-0.05, 0) is 24.3 Å². The summed E-state index contributed by atoms with van der Waals surface area (Å²) in [7, 11) is 0. The fourth-order valence-corrected chi connectivity index (χ4v) is 1.67. The summed E-state index contributed by atoms with van der Waals surface area (Å²) in [6.45, 7) is 1.15. The van der Waals surface area contributed by atoms with Crippen LogP contribution in [-0.4, -0.2) is 22.2 Å². The first-order chi connectivity index (χ1) is 8.81. The van der Waals surface area contributed by atoms with Gasteiger partial charge in [-0.3, -0.25) is 0 Å². The molecule has 0 radical (unpaired) electrons. The average Bonchev–Trinajstić information content (AvgIpc) is 2.87. The Bertz CT molecular complexity index is 520. The maximum atomic E-state index is 8.65. The molecule has 1 heterocycles. The quantitative estimate of drug-likeness (QED) is 0.364. The molecule has 0 saturated heterocycles. The van der Waals surface area contributed by atoms with Gasteiger partial charge in [0.1, 0.15) is 12.4 Å². The van der Waals surface area contributed by atoms with Gasteiger partial charge < -0.3 is 20.2 Å². The van der Waals surface area contributed by atoms with Crippen LogP contribution in [-0.2, 0) is 6.54 Å². The van der Waals surface area contributed by atoms with Gasteiger partial charge in [0.2, 0.25) is 0 Å². The molecule has 3 N–H and O–H groups in total. The Kier molecular flexibility index (Phi) is 3.86. The van der Waals surface area contributed by atoms with E-state index in [4.69, 9.17) is 15.7 Å². The van der Waals surface area contributed by atoms with Crippen molar-refractivity contribution in [1.82, 2.24) is 4.57 Å². The number of hydrogen-bond acceptors (Lipinski definition) is 3. The lowest BCUT2D eigenvalue weighted by Crippen LogP contribution is -2.20. The van der Waals surface area contributed by atoms with Gasteiger partial charge in [-0.25, -0.2) is 0 Å². The van der Waals surface area contributed by atoms with E-state index in [0.29, 0.717) is 18.8 Å². The lowest BCUT2D eigenvalue weighted by molar-refractivity contribution is 0.297. The van der Waals surface area contributed by atoms with Crippen LogP contribution in [0.25, 0.3) is 0 Å². The molecule has 0 aliphatic carbocycles. The molecule has 0 atom stereocenters. The molecule has 94 valence electrons. The minimum absolute atomic E-state index is 0.0970. The first kappa shape index (κ1) is 12.0. The molecule has 18 heavy (non-hydrogen) atoms. The van der Waals surface area contributed by atoms with E-state index in [1.54, 1.807) is 6.07 Å². The van der Waals surface area contributed by atoms with Gasteiger partial charge in [-0.2, -0.15) is 0 Å². The van der Waals surface area contributed by atoms with Crippen LogP contribution in [0.4, 0.5) is 0 Å². The van der Waals surface area contributed by atoms with E-state index in [-0.39, 0.29) is 5.84 Å². The van der Waals surface area contributed by atoms with Gasteiger partial charge in [-0.1, -0.05) is 23.4 Å². The first-order valence-electron chi connectivity index (χ1n) is 5.62. The van der Waals surface area contributed by atoms with Gasteiger partial charge in [0.05, 0.1) is 12.2 Å². The van der Waals surface area contributed by atoms with Crippen molar-refractivity contribution in [3.05, 3.63) is 54.4 Å². The Labute approximate surface area is 105 Å². The second kappa shape index (κ2) is 5.77. The largest absolute Gasteiger partial charge is 0.492 e. The van der Waals surface area contributed by atoms with Crippen LogP contribution in [0.15, 0.2) is 53.8 Å². The monoisotopic (exact) mass is 245 g/mol. The summed E-state index contributed by atoms with van der Waals surface area (Å²) >= 11 is 0. The summed E-state index contributed by atoms with van der Waals surface area (Å²) in [4.78, 5) is 0. The topological polar surface area (TPSA) is 72.8 Å². The van der Waals surface area contributed by atoms with Crippen molar-refractivity contribution < 1.29 is 9.94 Å². The minimum Gasteiger partial charge on any atom is -0.492 e. The molecule has 0 unspecified atom stereocenters. The van der Waals surface area contributed by atoms with Crippen LogP contribution in [0, 0.1) is 0 Å². The normalized spacial score (nSPS) is 11.4. The molecule has 2 aromatic rings. The molecule has 1 aromatic carbocycles. The molecular formula is C13H15N3O2. The summed E-state index contributed by atoms with van der Waals surface area (Å²) in [5.41, 5.74) is 6.24. The number of aromatic nitrogens is 1. The number of hydrogen-bond donors (Lipinski definition) is 2. The van der Waals surface area contributed by atoms with Crippen LogP contribution >= 0.6 is 0 Å². The summed E-state index contributed by atoms with van der Waals surface area (Å²) in [5, 5.41) is 11.6. The van der Waals surface area contributed by atoms with Crippen LogP contribution < -0.4 is 10.5 Å². The zero-order valence-corrected chi connectivity index (χ0v) is 9.86. The maximum absolute atomic E-state index is 8.65. The highest BCUT2D eigenvalue weighted by Gasteiger charge is 2.05. The van der Waals surface area contributed by atoms with Crippen molar-refractivity contribution in [2.24, 2.45) is 10.9 Å². The standard InChI is InChI=1S/C13H15N3O2/c14-13(15-17)12-7-4-8-16(12)9-10-18-11-5-2-1-3-6-11/h1-8,17H,9-10H2,(H2,14,15). The van der Waals surface area contributed by atoms with E-state index in [9.17, 15) is 0 Å². The maximum Gasteiger partial charge on any atom is 0.186 e. The molecular weight excluding hydrogens is 230 g/mol. The second-order valence-corrected chi connectivity index (χ2v) is 3.73. The van der Waals surface area contributed by atoms with Crippen molar-refractivity contribution in [3.63, 3.8) is 0 Å². The average molecular weight is 245 g/mol. The Hall–Kier alpha value is -2.43. The van der Waals surface area contributed by atoms with Crippen molar-refractivity contribution in [1.29, 1.82) is 0 Å². The third-order valence-corrected chi connectivity index (χ3v) is 2.54. The summed E-state index contributed by atoms with van der Waals surface area (Å²) < 4.78 is 7.46. The number of para-hydroxylation sites is 1. The highest BCUT2D eigenvalue weighted by Crippen LogP contribution is 2.09. The Morgan fingerprint density at radius 2 is 2.00 bits per heavy atom. The molecule has 0 bridgehead atoms. The smallest absolute Gasteiger partial charge is 0.186 e. The number of nitrogens with zero attached hydrogens (tertiary/aromatic N) is 2. The van der Waals surface area contributed by atoms with E-state index >= 15 is 0 Å². The summed E-state index contributed by atoms with van der Waals surface area (Å²) in [5.74, 6) is 0.926. The SMILES string of the molecule is N/C(=N/O)c1cccn1CCOc1ccccc1. The van der Waals surface area contributed by atoms with Gasteiger partial charge in [0, 0.05) is 6.20 Å². The van der Waals surface area contributed by atoms with Crippen LogP contribution in [0.5, 0.6) is 5.75 Å². The van der Waals surface area contributed by atoms with Gasteiger partial charge >= 0.3 is 0 Å². The Morgan fingerprint density at radius 3 is 2.72 bits per heavy atom. The highest BCUT2D eigenvalue weighted by atomic mass is 16.5. The third kappa shape index (κ3) is 2.82. The van der Waals surface area contributed by atoms with Crippen molar-refractivity contribution in [2.75, 3.05) is 6.61 Å². The fourth-order valence-electron chi connectivity index (χ4n) is 1.67. The van der Waals surface area contributed by atoms with Crippen molar-refractivity contribution >= 4 is 5.84 Å². The van der Waals surface area contributed by atoms with E-state index < -0.39 is 0 Å². The second-order valence-electron chi connectivity index (χ2n) is 3.73. The Balaban J connectivity index is 1.93. The van der Waals surface area contributed by atoms with E-state index in [0.717, 1.165) is 5.75 Å². The van der Waals surface area contributed by atoms with Gasteiger partial charge in [0.15, 0.2) is 5.84 Å². The lowest BCUT2D eigenvalue weighted by Gasteiger charge is -2.09. The van der Waals surface area contributed by atoms with Gasteiger partial charge in [0.25, 0.3) is 0 Å². The number of amidine groups is 1. The van der Waals surface area contributed by atoms with E-state index in [2.05, 4.69) is 5.16 Å². The molecule has 0 fully saturated rings. The molecule has 0 amide bonds. The lowest BCUT2D eigenvalue weighted by atomic mass is 10.3. The molecule has 0 spiro atoms. The number of nitrogens with two attached hydrogens (primary N) is 1. The highest BCUT2D eigenvalue weighted by molar-refractivity contribution is 5.95. The fraction of sp³-hybridized carbons (Fsp3) is 0.154. The number of rotatable bonds is 5. The molecule has 5 heteroatoms. The van der Waals surface area contributed by atoms with Gasteiger partial charge in [-0.15, -0.1) is 0 Å². The van der Waals surface area contributed by atoms with Crippen LogP contribution in [0.2, 0.25) is 0 Å². The van der Waals surface area contributed by atoms with Crippen molar-refractivity contribution in [2.45, 2.75) is 6.54 Å². The number of benzene rings is 1. The Morgan fingerprint density at radius 1 is 1.22 bits per heavy atom. The summed E-state index contributed by atoms with van der Waals surface area (Å²) in [6.07, 6.45) is 1.86. The van der Waals surface area contributed by atoms with E-state index in [1.807, 2.05) is 47.2 Å². The third-order valence-electron chi connectivity index (χ3n) is 2.54. The number of oxime groups is 1. The molecule has 0 aliphatic rings. The molecule has 2 rings (SSSR count). The molecule has 1 aromatic heterocycles. The first-order valence-corrected chi connectivity index (χ1v) is 5.62. The zero-order valence-electron chi connectivity index (χ0n) is 9.86. The minimum atomic E-state index is 0.0970. The van der Waals surface area contributed by atoms with Crippen molar-refractivity contribution in [3.8, 4) is 5.75 Å². The number of ether oxygens (including phenoxy) is 1. The molecule has 0 saturated carbocycles. The summed E-state index contributed by atoms with van der Waals surface area (Å²) in [6, 6.07) is 13.2. The van der Waals surface area contributed by atoms with E-state index in [1.165, 1.54) is 0 Å².